The Morgan fingerprint density at radius 2 is 1.60 bits per heavy atom. The number of carbonyl (C=O) groups is 1. The second kappa shape index (κ2) is 7.43. The summed E-state index contributed by atoms with van der Waals surface area (Å²) in [4.78, 5) is 14.3. The quantitative estimate of drug-likeness (QED) is 0.880. The van der Waals surface area contributed by atoms with Crippen molar-refractivity contribution in [1.82, 2.24) is 9.62 Å². The van der Waals surface area contributed by atoms with Crippen LogP contribution in [0.2, 0.25) is 0 Å². The van der Waals surface area contributed by atoms with Crippen LogP contribution in [0.4, 0.5) is 0 Å². The molecule has 140 valence electrons. The number of ether oxygens (including phenoxy) is 1. The monoisotopic (exact) mass is 368 g/mol. The lowest BCUT2D eigenvalue weighted by Gasteiger charge is -2.35. The third-order valence-corrected chi connectivity index (χ3v) is 6.43. The summed E-state index contributed by atoms with van der Waals surface area (Å²) in [7, 11) is -3.76. The van der Waals surface area contributed by atoms with Gasteiger partial charge in [-0.3, -0.25) is 4.79 Å². The first-order valence-corrected chi connectivity index (χ1v) is 10.0. The van der Waals surface area contributed by atoms with E-state index in [-0.39, 0.29) is 29.6 Å². The van der Waals surface area contributed by atoms with Crippen LogP contribution >= 0.6 is 0 Å². The molecule has 2 rings (SSSR count). The molecule has 1 aromatic rings. The Morgan fingerprint density at radius 3 is 2.08 bits per heavy atom. The highest BCUT2D eigenvalue weighted by Gasteiger charge is 2.28. The van der Waals surface area contributed by atoms with E-state index in [0.29, 0.717) is 13.1 Å². The van der Waals surface area contributed by atoms with Gasteiger partial charge in [-0.1, -0.05) is 6.07 Å². The smallest absolute Gasteiger partial charge is 0.241 e. The number of rotatable bonds is 4. The van der Waals surface area contributed by atoms with Crippen molar-refractivity contribution >= 4 is 15.9 Å². The van der Waals surface area contributed by atoms with Gasteiger partial charge in [-0.05, 0) is 63.8 Å². The zero-order valence-electron chi connectivity index (χ0n) is 15.8. The molecule has 1 N–H and O–H groups in total. The highest BCUT2D eigenvalue weighted by Crippen LogP contribution is 2.25. The van der Waals surface area contributed by atoms with Gasteiger partial charge < -0.3 is 9.64 Å². The Balaban J connectivity index is 2.16. The SMILES string of the molecule is Cc1cc(C)c(C)c(S(=O)(=O)NCC(=O)N2C[C@@H](C)O[C@@H](C)C2)c1C. The molecule has 0 unspecified atom stereocenters. The number of hydrogen-bond donors (Lipinski definition) is 1. The fourth-order valence-electron chi connectivity index (χ4n) is 3.31. The molecular weight excluding hydrogens is 340 g/mol. The van der Waals surface area contributed by atoms with Crippen LogP contribution in [0.25, 0.3) is 0 Å². The first kappa shape index (κ1) is 19.9. The van der Waals surface area contributed by atoms with Crippen molar-refractivity contribution in [3.63, 3.8) is 0 Å². The summed E-state index contributed by atoms with van der Waals surface area (Å²) in [6, 6.07) is 1.98. The molecule has 0 aliphatic carbocycles. The second-order valence-electron chi connectivity index (χ2n) is 6.97. The number of sulfonamides is 1. The van der Waals surface area contributed by atoms with Crippen LogP contribution in [0.3, 0.4) is 0 Å². The molecule has 6 nitrogen and oxygen atoms in total. The molecule has 25 heavy (non-hydrogen) atoms. The van der Waals surface area contributed by atoms with E-state index in [1.807, 2.05) is 33.8 Å². The number of nitrogens with one attached hydrogen (secondary N) is 1. The lowest BCUT2D eigenvalue weighted by Crippen LogP contribution is -2.51. The van der Waals surface area contributed by atoms with E-state index in [1.54, 1.807) is 18.7 Å². The lowest BCUT2D eigenvalue weighted by atomic mass is 10.0. The average Bonchev–Trinajstić information content (AvgIpc) is 2.50. The van der Waals surface area contributed by atoms with Gasteiger partial charge in [0.15, 0.2) is 0 Å². The molecule has 1 amide bonds. The van der Waals surface area contributed by atoms with Crippen LogP contribution < -0.4 is 4.72 Å². The molecule has 0 aromatic heterocycles. The first-order valence-electron chi connectivity index (χ1n) is 8.53. The Hall–Kier alpha value is -1.44. The number of benzene rings is 1. The Labute approximate surface area is 150 Å². The minimum absolute atomic E-state index is 0.0479. The van der Waals surface area contributed by atoms with Gasteiger partial charge in [0.1, 0.15) is 0 Å². The molecule has 0 bridgehead atoms. The summed E-state index contributed by atoms with van der Waals surface area (Å²) in [5, 5.41) is 0. The van der Waals surface area contributed by atoms with Crippen molar-refractivity contribution < 1.29 is 17.9 Å². The lowest BCUT2D eigenvalue weighted by molar-refractivity contribution is -0.141. The standard InChI is InChI=1S/C18H28N2O4S/c1-11-7-12(2)16(6)18(15(11)5)25(22,23)19-8-17(21)20-9-13(3)24-14(4)10-20/h7,13-14,19H,8-10H2,1-6H3/t13-,14+. The molecule has 0 spiro atoms. The fourth-order valence-corrected chi connectivity index (χ4v) is 4.89. The molecular formula is C18H28N2O4S. The van der Waals surface area contributed by atoms with E-state index >= 15 is 0 Å². The van der Waals surface area contributed by atoms with Crippen LogP contribution in [0.1, 0.15) is 36.1 Å². The summed E-state index contributed by atoms with van der Waals surface area (Å²) in [6.07, 6.45) is -0.0959. The Kier molecular flexibility index (Phi) is 5.91. The maximum absolute atomic E-state index is 12.8. The first-order chi connectivity index (χ1) is 11.5. The highest BCUT2D eigenvalue weighted by atomic mass is 32.2. The molecule has 0 saturated carbocycles. The van der Waals surface area contributed by atoms with E-state index in [4.69, 9.17) is 4.74 Å². The van der Waals surface area contributed by atoms with Crippen LogP contribution in [0.15, 0.2) is 11.0 Å². The minimum atomic E-state index is -3.76. The van der Waals surface area contributed by atoms with E-state index in [9.17, 15) is 13.2 Å². The van der Waals surface area contributed by atoms with E-state index in [2.05, 4.69) is 4.72 Å². The zero-order valence-corrected chi connectivity index (χ0v) is 16.7. The molecule has 1 aliphatic heterocycles. The molecule has 2 atom stereocenters. The van der Waals surface area contributed by atoms with Crippen molar-refractivity contribution in [3.8, 4) is 0 Å². The van der Waals surface area contributed by atoms with Gasteiger partial charge in [-0.2, -0.15) is 0 Å². The van der Waals surface area contributed by atoms with Crippen LogP contribution in [-0.2, 0) is 19.6 Å². The molecule has 1 saturated heterocycles. The Morgan fingerprint density at radius 1 is 1.12 bits per heavy atom. The van der Waals surface area contributed by atoms with Crippen molar-refractivity contribution in [2.45, 2.75) is 58.6 Å². The van der Waals surface area contributed by atoms with Crippen molar-refractivity contribution in [3.05, 3.63) is 28.3 Å². The van der Waals surface area contributed by atoms with Gasteiger partial charge in [0.05, 0.1) is 23.6 Å². The molecule has 1 heterocycles. The van der Waals surface area contributed by atoms with Crippen molar-refractivity contribution in [2.75, 3.05) is 19.6 Å². The van der Waals surface area contributed by atoms with Gasteiger partial charge in [0.25, 0.3) is 0 Å². The summed E-state index contributed by atoms with van der Waals surface area (Å²) in [6.45, 7) is 11.9. The molecule has 0 radical (unpaired) electrons. The summed E-state index contributed by atoms with van der Waals surface area (Å²) in [5.41, 5.74) is 3.28. The average molecular weight is 368 g/mol. The minimum Gasteiger partial charge on any atom is -0.372 e. The normalized spacial score (nSPS) is 21.4. The number of amides is 1. The van der Waals surface area contributed by atoms with Crippen LogP contribution in [-0.4, -0.2) is 51.1 Å². The van der Waals surface area contributed by atoms with E-state index in [1.165, 1.54) is 0 Å². The van der Waals surface area contributed by atoms with Gasteiger partial charge in [-0.15, -0.1) is 0 Å². The molecule has 7 heteroatoms. The Bertz CT molecular complexity index is 738. The highest BCUT2D eigenvalue weighted by molar-refractivity contribution is 7.89. The van der Waals surface area contributed by atoms with E-state index < -0.39 is 10.0 Å². The van der Waals surface area contributed by atoms with Gasteiger partial charge in [0, 0.05) is 13.1 Å². The number of aryl methyl sites for hydroxylation is 2. The number of morpholine rings is 1. The maximum Gasteiger partial charge on any atom is 0.241 e. The summed E-state index contributed by atoms with van der Waals surface area (Å²) in [5.74, 6) is -0.231. The largest absolute Gasteiger partial charge is 0.372 e. The third-order valence-electron chi connectivity index (χ3n) is 4.75. The number of hydrogen-bond acceptors (Lipinski definition) is 4. The van der Waals surface area contributed by atoms with Crippen LogP contribution in [0.5, 0.6) is 0 Å². The van der Waals surface area contributed by atoms with Gasteiger partial charge >= 0.3 is 0 Å². The fraction of sp³-hybridized carbons (Fsp3) is 0.611. The molecule has 1 fully saturated rings. The third kappa shape index (κ3) is 4.40. The zero-order chi connectivity index (χ0) is 18.9. The van der Waals surface area contributed by atoms with Gasteiger partial charge in [0.2, 0.25) is 15.9 Å². The summed E-state index contributed by atoms with van der Waals surface area (Å²) < 4.78 is 33.7. The predicted molar refractivity (Wildman–Crippen MR) is 97.2 cm³/mol. The number of nitrogens with zero attached hydrogens (tertiary/aromatic N) is 1. The van der Waals surface area contributed by atoms with Crippen molar-refractivity contribution in [1.29, 1.82) is 0 Å². The molecule has 1 aliphatic rings. The van der Waals surface area contributed by atoms with E-state index in [0.717, 1.165) is 22.3 Å². The topological polar surface area (TPSA) is 75.7 Å². The van der Waals surface area contributed by atoms with Crippen LogP contribution in [0, 0.1) is 27.7 Å². The van der Waals surface area contributed by atoms with Gasteiger partial charge in [-0.25, -0.2) is 13.1 Å². The summed E-state index contributed by atoms with van der Waals surface area (Å²) >= 11 is 0. The molecule has 1 aromatic carbocycles. The maximum atomic E-state index is 12.8. The van der Waals surface area contributed by atoms with Crippen molar-refractivity contribution in [2.24, 2.45) is 0 Å². The second-order valence-corrected chi connectivity index (χ2v) is 8.67. The number of carbonyl (C=O) groups excluding carboxylic acids is 1. The predicted octanol–water partition coefficient (Wildman–Crippen LogP) is 1.83.